The summed E-state index contributed by atoms with van der Waals surface area (Å²) in [5, 5.41) is 3.17. The molecule has 3 aromatic carbocycles. The van der Waals surface area contributed by atoms with Crippen LogP contribution in [0.3, 0.4) is 0 Å². The number of rotatable bonds is 6. The molecule has 0 aromatic heterocycles. The van der Waals surface area contributed by atoms with E-state index >= 15 is 0 Å². The average Bonchev–Trinajstić information content (AvgIpc) is 3.09. The second-order valence-electron chi connectivity index (χ2n) is 7.44. The minimum absolute atomic E-state index is 0.188. The molecule has 0 fully saturated rings. The third-order valence-electron chi connectivity index (χ3n) is 5.38. The van der Waals surface area contributed by atoms with E-state index in [4.69, 9.17) is 14.2 Å². The molecule has 0 radical (unpaired) electrons. The van der Waals surface area contributed by atoms with E-state index < -0.39 is 11.8 Å². The SMILES string of the molecule is CCOc1ccccc1NC1=C(c2ccccc2)C(=O)N(c2ccc3c(c2)OCCO3)C1=O. The number of nitrogens with one attached hydrogen (secondary N) is 1. The zero-order valence-electron chi connectivity index (χ0n) is 18.0. The van der Waals surface area contributed by atoms with Crippen molar-refractivity contribution in [1.82, 2.24) is 0 Å². The molecule has 0 unspecified atom stereocenters. The number of benzene rings is 3. The number of hydrogen-bond acceptors (Lipinski definition) is 6. The molecule has 0 spiro atoms. The average molecular weight is 442 g/mol. The Hall–Kier alpha value is -4.26. The van der Waals surface area contributed by atoms with E-state index in [9.17, 15) is 9.59 Å². The Morgan fingerprint density at radius 3 is 2.39 bits per heavy atom. The quantitative estimate of drug-likeness (QED) is 0.575. The maximum Gasteiger partial charge on any atom is 0.282 e. The minimum atomic E-state index is -0.457. The van der Waals surface area contributed by atoms with E-state index in [1.165, 1.54) is 0 Å². The van der Waals surface area contributed by atoms with E-state index in [1.807, 2.05) is 61.5 Å². The molecule has 0 saturated heterocycles. The van der Waals surface area contributed by atoms with Gasteiger partial charge in [-0.1, -0.05) is 42.5 Å². The number of nitrogens with zero attached hydrogens (tertiary/aromatic N) is 1. The van der Waals surface area contributed by atoms with Gasteiger partial charge in [-0.3, -0.25) is 9.59 Å². The molecular weight excluding hydrogens is 420 g/mol. The van der Waals surface area contributed by atoms with Gasteiger partial charge in [0.05, 0.1) is 23.6 Å². The van der Waals surface area contributed by atoms with Crippen molar-refractivity contribution in [3.63, 3.8) is 0 Å². The summed E-state index contributed by atoms with van der Waals surface area (Å²) in [7, 11) is 0. The summed E-state index contributed by atoms with van der Waals surface area (Å²) in [5.74, 6) is 0.812. The van der Waals surface area contributed by atoms with Crippen molar-refractivity contribution in [3.8, 4) is 17.2 Å². The molecule has 0 saturated carbocycles. The van der Waals surface area contributed by atoms with Crippen LogP contribution in [0.1, 0.15) is 12.5 Å². The Balaban J connectivity index is 1.58. The molecule has 3 aromatic rings. The number of carbonyl (C=O) groups excluding carboxylic acids is 2. The number of carbonyl (C=O) groups is 2. The fourth-order valence-electron chi connectivity index (χ4n) is 3.91. The lowest BCUT2D eigenvalue weighted by atomic mass is 10.0. The molecule has 5 rings (SSSR count). The number of fused-ring (bicyclic) bond motifs is 1. The van der Waals surface area contributed by atoms with Crippen LogP contribution in [0.2, 0.25) is 0 Å². The number of para-hydroxylation sites is 2. The molecule has 0 bridgehead atoms. The monoisotopic (exact) mass is 442 g/mol. The van der Waals surface area contributed by atoms with Gasteiger partial charge in [0.15, 0.2) is 11.5 Å². The van der Waals surface area contributed by atoms with Gasteiger partial charge in [-0.05, 0) is 36.8 Å². The van der Waals surface area contributed by atoms with Crippen LogP contribution in [-0.2, 0) is 9.59 Å². The first kappa shape index (κ1) is 20.6. The van der Waals surface area contributed by atoms with Crippen LogP contribution >= 0.6 is 0 Å². The normalized spacial score (nSPS) is 15.1. The molecule has 0 atom stereocenters. The molecule has 1 N–H and O–H groups in total. The van der Waals surface area contributed by atoms with Crippen LogP contribution in [-0.4, -0.2) is 31.6 Å². The maximum atomic E-state index is 13.6. The van der Waals surface area contributed by atoms with E-state index in [0.717, 1.165) is 4.90 Å². The van der Waals surface area contributed by atoms with Gasteiger partial charge in [0, 0.05) is 6.07 Å². The highest BCUT2D eigenvalue weighted by atomic mass is 16.6. The molecule has 2 aliphatic rings. The Bertz CT molecular complexity index is 1250. The zero-order valence-corrected chi connectivity index (χ0v) is 18.0. The van der Waals surface area contributed by atoms with Crippen LogP contribution in [0.5, 0.6) is 17.2 Å². The van der Waals surface area contributed by atoms with Crippen molar-refractivity contribution in [2.75, 3.05) is 30.0 Å². The van der Waals surface area contributed by atoms with Crippen molar-refractivity contribution < 1.29 is 23.8 Å². The first-order valence-corrected chi connectivity index (χ1v) is 10.7. The van der Waals surface area contributed by atoms with E-state index in [1.54, 1.807) is 18.2 Å². The topological polar surface area (TPSA) is 77.1 Å². The van der Waals surface area contributed by atoms with Crippen molar-refractivity contribution in [2.24, 2.45) is 0 Å². The summed E-state index contributed by atoms with van der Waals surface area (Å²) in [6, 6.07) is 21.5. The highest BCUT2D eigenvalue weighted by molar-refractivity contribution is 6.46. The van der Waals surface area contributed by atoms with Gasteiger partial charge in [-0.15, -0.1) is 0 Å². The lowest BCUT2D eigenvalue weighted by Gasteiger charge is -2.21. The number of ether oxygens (including phenoxy) is 3. The molecule has 2 amide bonds. The van der Waals surface area contributed by atoms with Gasteiger partial charge in [0.25, 0.3) is 11.8 Å². The summed E-state index contributed by atoms with van der Waals surface area (Å²) < 4.78 is 16.9. The molecule has 7 heteroatoms. The van der Waals surface area contributed by atoms with Crippen LogP contribution in [0.25, 0.3) is 5.57 Å². The molecule has 2 aliphatic heterocycles. The van der Waals surface area contributed by atoms with Crippen LogP contribution < -0.4 is 24.4 Å². The van der Waals surface area contributed by atoms with E-state index in [2.05, 4.69) is 5.32 Å². The van der Waals surface area contributed by atoms with Crippen molar-refractivity contribution in [2.45, 2.75) is 6.92 Å². The van der Waals surface area contributed by atoms with E-state index in [0.29, 0.717) is 59.6 Å². The summed E-state index contributed by atoms with van der Waals surface area (Å²) >= 11 is 0. The van der Waals surface area contributed by atoms with Crippen LogP contribution in [0.4, 0.5) is 11.4 Å². The van der Waals surface area contributed by atoms with Gasteiger partial charge < -0.3 is 19.5 Å². The predicted molar refractivity (Wildman–Crippen MR) is 125 cm³/mol. The molecular formula is C26H22N2O5. The Morgan fingerprint density at radius 2 is 1.61 bits per heavy atom. The Labute approximate surface area is 191 Å². The van der Waals surface area contributed by atoms with Crippen molar-refractivity contribution in [1.29, 1.82) is 0 Å². The first-order valence-electron chi connectivity index (χ1n) is 10.7. The summed E-state index contributed by atoms with van der Waals surface area (Å²) in [6.45, 7) is 3.23. The van der Waals surface area contributed by atoms with Crippen LogP contribution in [0, 0.1) is 0 Å². The molecule has 0 aliphatic carbocycles. The van der Waals surface area contributed by atoms with Crippen molar-refractivity contribution in [3.05, 3.63) is 84.1 Å². The Kier molecular flexibility index (Phi) is 5.44. The minimum Gasteiger partial charge on any atom is -0.492 e. The van der Waals surface area contributed by atoms with Gasteiger partial charge in [0.2, 0.25) is 0 Å². The summed E-state index contributed by atoms with van der Waals surface area (Å²) in [6.07, 6.45) is 0. The molecule has 166 valence electrons. The second kappa shape index (κ2) is 8.70. The number of anilines is 2. The maximum absolute atomic E-state index is 13.6. The third kappa shape index (κ3) is 3.78. The lowest BCUT2D eigenvalue weighted by Crippen LogP contribution is -2.32. The predicted octanol–water partition coefficient (Wildman–Crippen LogP) is 4.25. The van der Waals surface area contributed by atoms with Gasteiger partial charge in [-0.25, -0.2) is 4.90 Å². The lowest BCUT2D eigenvalue weighted by molar-refractivity contribution is -0.120. The fraction of sp³-hybridized carbons (Fsp3) is 0.154. The number of imide groups is 1. The second-order valence-corrected chi connectivity index (χ2v) is 7.44. The number of amides is 2. The van der Waals surface area contributed by atoms with Crippen LogP contribution in [0.15, 0.2) is 78.5 Å². The summed E-state index contributed by atoms with van der Waals surface area (Å²) in [5.41, 5.74) is 2.15. The highest BCUT2D eigenvalue weighted by Gasteiger charge is 2.41. The van der Waals surface area contributed by atoms with Gasteiger partial charge in [0.1, 0.15) is 24.7 Å². The van der Waals surface area contributed by atoms with Gasteiger partial charge in [-0.2, -0.15) is 0 Å². The smallest absolute Gasteiger partial charge is 0.282 e. The standard InChI is InChI=1S/C26H22N2O5/c1-2-31-20-11-7-6-10-19(20)27-24-23(17-8-4-3-5-9-17)25(29)28(26(24)30)18-12-13-21-22(16-18)33-15-14-32-21/h3-13,16,27H,2,14-15H2,1H3. The fourth-order valence-corrected chi connectivity index (χ4v) is 3.91. The first-order chi connectivity index (χ1) is 16.2. The molecule has 33 heavy (non-hydrogen) atoms. The van der Waals surface area contributed by atoms with Crippen molar-refractivity contribution >= 4 is 28.8 Å². The molecule has 7 nitrogen and oxygen atoms in total. The highest BCUT2D eigenvalue weighted by Crippen LogP contribution is 2.39. The Morgan fingerprint density at radius 1 is 0.879 bits per heavy atom. The third-order valence-corrected chi connectivity index (χ3v) is 5.38. The molecule has 2 heterocycles. The van der Waals surface area contributed by atoms with E-state index in [-0.39, 0.29) is 5.70 Å². The summed E-state index contributed by atoms with van der Waals surface area (Å²) in [4.78, 5) is 28.4. The zero-order chi connectivity index (χ0) is 22.8. The van der Waals surface area contributed by atoms with Gasteiger partial charge >= 0.3 is 0 Å². The number of hydrogen-bond donors (Lipinski definition) is 1. The largest absolute Gasteiger partial charge is 0.492 e.